The Morgan fingerprint density at radius 1 is 1.10 bits per heavy atom. The molecule has 1 aliphatic rings. The summed E-state index contributed by atoms with van der Waals surface area (Å²) in [4.78, 5) is 26.0. The van der Waals surface area contributed by atoms with Gasteiger partial charge in [-0.2, -0.15) is 13.2 Å². The molecule has 154 valence electrons. The van der Waals surface area contributed by atoms with Crippen LogP contribution in [0.4, 0.5) is 13.2 Å². The van der Waals surface area contributed by atoms with Gasteiger partial charge in [-0.3, -0.25) is 4.79 Å². The van der Waals surface area contributed by atoms with Crippen LogP contribution in [-0.4, -0.2) is 43.4 Å². The molecule has 3 aromatic rings. The van der Waals surface area contributed by atoms with Crippen molar-refractivity contribution in [3.63, 3.8) is 0 Å². The smallest absolute Gasteiger partial charge is 0.416 e. The normalized spacial score (nSPS) is 16.2. The molecule has 0 saturated heterocycles. The number of carbonyl (C=O) groups excluding carboxylic acids is 1. The first-order valence-electron chi connectivity index (χ1n) is 8.97. The minimum Gasteiger partial charge on any atom is -0.479 e. The van der Waals surface area contributed by atoms with Crippen molar-refractivity contribution in [2.24, 2.45) is 0 Å². The molecule has 2 heterocycles. The second-order valence-electron chi connectivity index (χ2n) is 6.78. The number of carboxylic acid groups (broad SMARTS) is 1. The van der Waals surface area contributed by atoms with Crippen LogP contribution in [0.3, 0.4) is 0 Å². The molecule has 1 aliphatic heterocycles. The van der Waals surface area contributed by atoms with Gasteiger partial charge in [0.2, 0.25) is 0 Å². The highest BCUT2D eigenvalue weighted by molar-refractivity contribution is 5.95. The van der Waals surface area contributed by atoms with Crippen LogP contribution in [-0.2, 0) is 17.4 Å². The number of aromatic nitrogens is 3. The molecule has 7 nitrogen and oxygen atoms in total. The number of amides is 1. The number of aliphatic carboxylic acids is 1. The van der Waals surface area contributed by atoms with Gasteiger partial charge in [0.25, 0.3) is 5.91 Å². The summed E-state index contributed by atoms with van der Waals surface area (Å²) >= 11 is 0. The molecule has 30 heavy (non-hydrogen) atoms. The fraction of sp³-hybridized carbons (Fsp3) is 0.200. The molecule has 1 unspecified atom stereocenters. The van der Waals surface area contributed by atoms with Gasteiger partial charge in [-0.05, 0) is 35.7 Å². The van der Waals surface area contributed by atoms with E-state index < -0.39 is 29.7 Å². The molecule has 2 aromatic carbocycles. The molecule has 0 bridgehead atoms. The van der Waals surface area contributed by atoms with Gasteiger partial charge in [0.1, 0.15) is 0 Å². The Kier molecular flexibility index (Phi) is 4.76. The summed E-state index contributed by atoms with van der Waals surface area (Å²) in [5.41, 5.74) is 0.437. The third kappa shape index (κ3) is 3.51. The molecule has 0 aliphatic carbocycles. The highest BCUT2D eigenvalue weighted by Gasteiger charge is 2.37. The summed E-state index contributed by atoms with van der Waals surface area (Å²) in [6.07, 6.45) is -2.85. The molecule has 10 heteroatoms. The van der Waals surface area contributed by atoms with Crippen molar-refractivity contribution >= 4 is 11.9 Å². The van der Waals surface area contributed by atoms with E-state index in [0.29, 0.717) is 12.0 Å². The molecule has 1 amide bonds. The van der Waals surface area contributed by atoms with Crippen LogP contribution in [0.25, 0.3) is 5.69 Å². The second kappa shape index (κ2) is 7.29. The summed E-state index contributed by atoms with van der Waals surface area (Å²) in [6, 6.07) is 10.2. The summed E-state index contributed by atoms with van der Waals surface area (Å²) in [5, 5.41) is 17.2. The van der Waals surface area contributed by atoms with Crippen LogP contribution in [0.1, 0.15) is 33.2 Å². The van der Waals surface area contributed by atoms with Gasteiger partial charge in [-0.25, -0.2) is 9.48 Å². The van der Waals surface area contributed by atoms with Crippen molar-refractivity contribution in [2.45, 2.75) is 18.6 Å². The number of hydrogen-bond donors (Lipinski definition) is 1. The number of rotatable bonds is 3. The Balaban J connectivity index is 1.64. The number of carbonyl (C=O) groups is 2. The Morgan fingerprint density at radius 2 is 1.87 bits per heavy atom. The van der Waals surface area contributed by atoms with E-state index in [2.05, 4.69) is 10.3 Å². The molecule has 0 radical (unpaired) electrons. The topological polar surface area (TPSA) is 88.3 Å². The van der Waals surface area contributed by atoms with E-state index in [9.17, 15) is 27.9 Å². The molecule has 0 fully saturated rings. The lowest BCUT2D eigenvalue weighted by Crippen LogP contribution is -2.43. The first-order chi connectivity index (χ1) is 14.3. The van der Waals surface area contributed by atoms with Crippen LogP contribution in [0.15, 0.2) is 54.7 Å². The van der Waals surface area contributed by atoms with Crippen molar-refractivity contribution in [1.82, 2.24) is 19.9 Å². The fourth-order valence-electron chi connectivity index (χ4n) is 3.51. The summed E-state index contributed by atoms with van der Waals surface area (Å²) < 4.78 is 39.9. The molecule has 0 saturated carbocycles. The van der Waals surface area contributed by atoms with Crippen molar-refractivity contribution in [3.05, 3.63) is 77.1 Å². The number of carboxylic acids is 1. The standard InChI is InChI=1S/C20H15F3N4O3/c21-20(22,23)13-5-3-6-14(10-13)27-11-16(24-25-27)18(28)26-9-8-12-4-1-2-7-15(12)17(26)19(29)30/h1-7,10-11,17H,8-9H2,(H,29,30). The van der Waals surface area contributed by atoms with Crippen LogP contribution < -0.4 is 0 Å². The predicted octanol–water partition coefficient (Wildman–Crippen LogP) is 3.11. The Labute approximate surface area is 168 Å². The third-order valence-corrected chi connectivity index (χ3v) is 4.93. The van der Waals surface area contributed by atoms with Crippen LogP contribution in [0.2, 0.25) is 0 Å². The van der Waals surface area contributed by atoms with Gasteiger partial charge < -0.3 is 10.0 Å². The zero-order valence-electron chi connectivity index (χ0n) is 15.4. The van der Waals surface area contributed by atoms with Crippen molar-refractivity contribution in [2.75, 3.05) is 6.54 Å². The number of alkyl halides is 3. The SMILES string of the molecule is O=C(O)C1c2ccccc2CCN1C(=O)c1cn(-c2cccc(C(F)(F)F)c2)nn1. The molecular formula is C20H15F3N4O3. The Hall–Kier alpha value is -3.69. The quantitative estimate of drug-likeness (QED) is 0.709. The van der Waals surface area contributed by atoms with Crippen LogP contribution in [0, 0.1) is 0 Å². The van der Waals surface area contributed by atoms with E-state index in [1.807, 2.05) is 6.07 Å². The lowest BCUT2D eigenvalue weighted by molar-refractivity contribution is -0.143. The number of nitrogens with zero attached hydrogens (tertiary/aromatic N) is 4. The lowest BCUT2D eigenvalue weighted by atomic mass is 9.92. The van der Waals surface area contributed by atoms with Crippen molar-refractivity contribution < 1.29 is 27.9 Å². The van der Waals surface area contributed by atoms with Gasteiger partial charge in [-0.15, -0.1) is 5.10 Å². The molecule has 1 N–H and O–H groups in total. The molecule has 1 aromatic heterocycles. The van der Waals surface area contributed by atoms with E-state index in [1.165, 1.54) is 23.2 Å². The summed E-state index contributed by atoms with van der Waals surface area (Å²) in [5.74, 6) is -1.84. The maximum Gasteiger partial charge on any atom is 0.416 e. The minimum atomic E-state index is -4.52. The molecule has 0 spiro atoms. The Bertz CT molecular complexity index is 1130. The molecule has 4 rings (SSSR count). The van der Waals surface area contributed by atoms with Gasteiger partial charge in [0, 0.05) is 6.54 Å². The van der Waals surface area contributed by atoms with E-state index in [-0.39, 0.29) is 17.9 Å². The van der Waals surface area contributed by atoms with E-state index in [4.69, 9.17) is 0 Å². The Morgan fingerprint density at radius 3 is 2.60 bits per heavy atom. The number of halogens is 3. The largest absolute Gasteiger partial charge is 0.479 e. The van der Waals surface area contributed by atoms with Crippen LogP contribution in [0.5, 0.6) is 0 Å². The number of hydrogen-bond acceptors (Lipinski definition) is 4. The zero-order valence-corrected chi connectivity index (χ0v) is 15.4. The summed E-state index contributed by atoms with van der Waals surface area (Å²) in [6.45, 7) is 0.170. The number of fused-ring (bicyclic) bond motifs is 1. The average molecular weight is 416 g/mol. The molecular weight excluding hydrogens is 401 g/mol. The highest BCUT2D eigenvalue weighted by Crippen LogP contribution is 2.32. The maximum absolute atomic E-state index is 13.0. The second-order valence-corrected chi connectivity index (χ2v) is 6.78. The maximum atomic E-state index is 13.0. The monoisotopic (exact) mass is 416 g/mol. The average Bonchev–Trinajstić information content (AvgIpc) is 3.22. The summed E-state index contributed by atoms with van der Waals surface area (Å²) in [7, 11) is 0. The van der Waals surface area contributed by atoms with E-state index in [1.54, 1.807) is 18.2 Å². The van der Waals surface area contributed by atoms with Gasteiger partial charge >= 0.3 is 12.1 Å². The lowest BCUT2D eigenvalue weighted by Gasteiger charge is -2.34. The zero-order chi connectivity index (χ0) is 21.5. The van der Waals surface area contributed by atoms with Gasteiger partial charge in [0.15, 0.2) is 11.7 Å². The van der Waals surface area contributed by atoms with Gasteiger partial charge in [-0.1, -0.05) is 35.5 Å². The van der Waals surface area contributed by atoms with Crippen LogP contribution >= 0.6 is 0 Å². The fourth-order valence-corrected chi connectivity index (χ4v) is 3.51. The number of benzene rings is 2. The van der Waals surface area contributed by atoms with E-state index in [0.717, 1.165) is 22.4 Å². The van der Waals surface area contributed by atoms with Crippen molar-refractivity contribution in [3.8, 4) is 5.69 Å². The predicted molar refractivity (Wildman–Crippen MR) is 97.9 cm³/mol. The highest BCUT2D eigenvalue weighted by atomic mass is 19.4. The first-order valence-corrected chi connectivity index (χ1v) is 8.97. The third-order valence-electron chi connectivity index (χ3n) is 4.93. The molecule has 1 atom stereocenters. The minimum absolute atomic E-state index is 0.0788. The first kappa shape index (κ1) is 19.6. The van der Waals surface area contributed by atoms with E-state index >= 15 is 0 Å². The van der Waals surface area contributed by atoms with Crippen molar-refractivity contribution in [1.29, 1.82) is 0 Å². The van der Waals surface area contributed by atoms with Gasteiger partial charge in [0.05, 0.1) is 17.4 Å².